The van der Waals surface area contributed by atoms with Gasteiger partial charge in [0.15, 0.2) is 0 Å². The number of thiophene rings is 1. The first kappa shape index (κ1) is 14.2. The summed E-state index contributed by atoms with van der Waals surface area (Å²) in [5, 5.41) is 1.10. The first-order valence-corrected chi connectivity index (χ1v) is 8.35. The van der Waals surface area contributed by atoms with Crippen molar-refractivity contribution in [2.75, 3.05) is 7.11 Å². The number of thioether (sulfide) groups is 1. The van der Waals surface area contributed by atoms with Crippen molar-refractivity contribution in [1.29, 1.82) is 0 Å². The molecule has 1 aromatic heterocycles. The van der Waals surface area contributed by atoms with Crippen LogP contribution in [0.5, 0.6) is 0 Å². The molecule has 3 rings (SSSR count). The summed E-state index contributed by atoms with van der Waals surface area (Å²) in [6.07, 6.45) is 0. The van der Waals surface area contributed by atoms with E-state index >= 15 is 0 Å². The number of carbonyl (C=O) groups is 1. The summed E-state index contributed by atoms with van der Waals surface area (Å²) in [6.45, 7) is 0. The van der Waals surface area contributed by atoms with Crippen molar-refractivity contribution in [3.63, 3.8) is 0 Å². The van der Waals surface area contributed by atoms with Crippen molar-refractivity contribution >= 4 is 39.2 Å². The number of methoxy groups -OCH3 is 1. The Morgan fingerprint density at radius 1 is 1.14 bits per heavy atom. The molecule has 0 N–H and O–H groups in total. The summed E-state index contributed by atoms with van der Waals surface area (Å²) in [7, 11) is 1.41. The number of hydrogen-bond donors (Lipinski definition) is 0. The van der Waals surface area contributed by atoms with Gasteiger partial charge in [-0.25, -0.2) is 4.79 Å². The molecule has 0 spiro atoms. The van der Waals surface area contributed by atoms with E-state index in [4.69, 9.17) is 4.74 Å². The molecule has 0 radical (unpaired) electrons. The largest absolute Gasteiger partial charge is 0.465 e. The Labute approximate surface area is 131 Å². The van der Waals surface area contributed by atoms with Crippen molar-refractivity contribution < 1.29 is 9.53 Å². The highest BCUT2D eigenvalue weighted by Crippen LogP contribution is 2.31. The Morgan fingerprint density at radius 2 is 1.95 bits per heavy atom. The maximum absolute atomic E-state index is 11.6. The van der Waals surface area contributed by atoms with Gasteiger partial charge in [0.05, 0.1) is 7.11 Å². The second kappa shape index (κ2) is 6.33. The zero-order chi connectivity index (χ0) is 14.7. The molecular formula is C17H14O2S2. The number of hydrogen-bond acceptors (Lipinski definition) is 4. The number of fused-ring (bicyclic) bond motifs is 1. The van der Waals surface area contributed by atoms with Gasteiger partial charge in [-0.3, -0.25) is 0 Å². The minimum Gasteiger partial charge on any atom is -0.465 e. The van der Waals surface area contributed by atoms with E-state index in [-0.39, 0.29) is 5.97 Å². The first-order valence-electron chi connectivity index (χ1n) is 6.55. The number of benzene rings is 2. The second-order valence-electron chi connectivity index (χ2n) is 4.58. The lowest BCUT2D eigenvalue weighted by Crippen LogP contribution is -1.96. The summed E-state index contributed by atoms with van der Waals surface area (Å²) >= 11 is 3.27. The summed E-state index contributed by atoms with van der Waals surface area (Å²) in [5.74, 6) is 0.676. The monoisotopic (exact) mass is 314 g/mol. The molecule has 0 aliphatic heterocycles. The lowest BCUT2D eigenvalue weighted by atomic mass is 10.2. The van der Waals surface area contributed by atoms with Gasteiger partial charge >= 0.3 is 5.97 Å². The van der Waals surface area contributed by atoms with E-state index in [1.165, 1.54) is 28.9 Å². The van der Waals surface area contributed by atoms with E-state index in [0.29, 0.717) is 4.88 Å². The fourth-order valence-electron chi connectivity index (χ4n) is 2.05. The van der Waals surface area contributed by atoms with Crippen LogP contribution in [-0.4, -0.2) is 13.1 Å². The summed E-state index contributed by atoms with van der Waals surface area (Å²) < 4.78 is 5.88. The lowest BCUT2D eigenvalue weighted by molar-refractivity contribution is 0.0606. The smallest absolute Gasteiger partial charge is 0.348 e. The van der Waals surface area contributed by atoms with Crippen LogP contribution in [0.25, 0.3) is 10.1 Å². The Hall–Kier alpha value is -1.78. The minimum atomic E-state index is -0.269. The van der Waals surface area contributed by atoms with Gasteiger partial charge < -0.3 is 4.74 Å². The molecule has 1 heterocycles. The average molecular weight is 314 g/mol. The Balaban J connectivity index is 1.79. The zero-order valence-electron chi connectivity index (χ0n) is 11.5. The molecular weight excluding hydrogens is 300 g/mol. The molecule has 4 heteroatoms. The fourth-order valence-corrected chi connectivity index (χ4v) is 3.91. The maximum atomic E-state index is 11.6. The van der Waals surface area contributed by atoms with Crippen LogP contribution in [0.3, 0.4) is 0 Å². The minimum absolute atomic E-state index is 0.269. The summed E-state index contributed by atoms with van der Waals surface area (Å²) in [6, 6.07) is 18.6. The normalized spacial score (nSPS) is 10.7. The Morgan fingerprint density at radius 3 is 2.71 bits per heavy atom. The number of carbonyl (C=O) groups excluding carboxylic acids is 1. The molecule has 0 saturated heterocycles. The van der Waals surface area contributed by atoms with E-state index in [9.17, 15) is 4.79 Å². The van der Waals surface area contributed by atoms with Crippen LogP contribution < -0.4 is 0 Å². The maximum Gasteiger partial charge on any atom is 0.348 e. The van der Waals surface area contributed by atoms with Crippen LogP contribution in [0, 0.1) is 0 Å². The molecule has 0 unspecified atom stereocenters. The van der Waals surface area contributed by atoms with Gasteiger partial charge in [0.1, 0.15) is 4.88 Å². The Kier molecular flexibility index (Phi) is 4.27. The highest BCUT2D eigenvalue weighted by Gasteiger charge is 2.10. The molecule has 3 aromatic rings. The van der Waals surface area contributed by atoms with Gasteiger partial charge in [-0.2, -0.15) is 0 Å². The van der Waals surface area contributed by atoms with Crippen molar-refractivity contribution in [2.24, 2.45) is 0 Å². The van der Waals surface area contributed by atoms with Crippen molar-refractivity contribution in [3.8, 4) is 0 Å². The van der Waals surface area contributed by atoms with E-state index in [1.54, 1.807) is 11.8 Å². The molecule has 0 saturated carbocycles. The van der Waals surface area contributed by atoms with Crippen LogP contribution in [0.2, 0.25) is 0 Å². The molecule has 2 aromatic carbocycles. The van der Waals surface area contributed by atoms with Gasteiger partial charge in [0.2, 0.25) is 0 Å². The molecule has 106 valence electrons. The van der Waals surface area contributed by atoms with E-state index in [1.807, 2.05) is 12.1 Å². The third kappa shape index (κ3) is 3.28. The van der Waals surface area contributed by atoms with Crippen LogP contribution in [-0.2, 0) is 10.5 Å². The van der Waals surface area contributed by atoms with E-state index in [0.717, 1.165) is 15.8 Å². The van der Waals surface area contributed by atoms with Gasteiger partial charge in [0.25, 0.3) is 0 Å². The molecule has 0 bridgehead atoms. The van der Waals surface area contributed by atoms with E-state index in [2.05, 4.69) is 42.5 Å². The van der Waals surface area contributed by atoms with E-state index < -0.39 is 0 Å². The molecule has 0 atom stereocenters. The first-order chi connectivity index (χ1) is 10.3. The predicted octanol–water partition coefficient (Wildman–Crippen LogP) is 4.98. The summed E-state index contributed by atoms with van der Waals surface area (Å²) in [4.78, 5) is 13.4. The zero-order valence-corrected chi connectivity index (χ0v) is 13.2. The number of ether oxygens (including phenoxy) is 1. The van der Waals surface area contributed by atoms with Crippen molar-refractivity contribution in [1.82, 2.24) is 0 Å². The molecule has 21 heavy (non-hydrogen) atoms. The third-order valence-electron chi connectivity index (χ3n) is 3.12. The predicted molar refractivity (Wildman–Crippen MR) is 89.2 cm³/mol. The molecule has 0 aliphatic carbocycles. The van der Waals surface area contributed by atoms with Crippen LogP contribution in [0.15, 0.2) is 59.5 Å². The van der Waals surface area contributed by atoms with Crippen LogP contribution in [0.1, 0.15) is 15.2 Å². The molecule has 0 amide bonds. The number of esters is 1. The number of rotatable bonds is 4. The average Bonchev–Trinajstić information content (AvgIpc) is 2.96. The lowest BCUT2D eigenvalue weighted by Gasteiger charge is -2.02. The van der Waals surface area contributed by atoms with Crippen LogP contribution >= 0.6 is 23.1 Å². The van der Waals surface area contributed by atoms with Gasteiger partial charge in [-0.15, -0.1) is 23.1 Å². The summed E-state index contributed by atoms with van der Waals surface area (Å²) in [5.41, 5.74) is 1.31. The van der Waals surface area contributed by atoms with Gasteiger partial charge in [-0.05, 0) is 35.2 Å². The highest BCUT2D eigenvalue weighted by molar-refractivity contribution is 7.98. The van der Waals surface area contributed by atoms with Crippen LogP contribution in [0.4, 0.5) is 0 Å². The van der Waals surface area contributed by atoms with Crippen molar-refractivity contribution in [2.45, 2.75) is 10.6 Å². The van der Waals surface area contributed by atoms with Gasteiger partial charge in [-0.1, -0.05) is 30.3 Å². The Bertz CT molecular complexity index is 763. The quantitative estimate of drug-likeness (QED) is 0.502. The fraction of sp³-hybridized carbons (Fsp3) is 0.118. The SMILES string of the molecule is COC(=O)c1cc2cc(SCc3ccccc3)ccc2s1. The standard InChI is InChI=1S/C17H14O2S2/c1-19-17(18)16-10-13-9-14(7-8-15(13)21-16)20-11-12-5-3-2-4-6-12/h2-10H,11H2,1H3. The highest BCUT2D eigenvalue weighted by atomic mass is 32.2. The van der Waals surface area contributed by atoms with Crippen molar-refractivity contribution in [3.05, 3.63) is 65.0 Å². The molecule has 2 nitrogen and oxygen atoms in total. The molecule has 0 fully saturated rings. The second-order valence-corrected chi connectivity index (χ2v) is 6.71. The van der Waals surface area contributed by atoms with Gasteiger partial charge in [0, 0.05) is 15.3 Å². The topological polar surface area (TPSA) is 26.3 Å². The molecule has 0 aliphatic rings. The third-order valence-corrected chi connectivity index (χ3v) is 5.28.